The second-order valence-corrected chi connectivity index (χ2v) is 6.04. The van der Waals surface area contributed by atoms with E-state index in [0.29, 0.717) is 12.2 Å². The summed E-state index contributed by atoms with van der Waals surface area (Å²) in [5.74, 6) is 0.745. The van der Waals surface area contributed by atoms with Crippen molar-refractivity contribution in [2.75, 3.05) is 11.1 Å². The molecule has 6 nitrogen and oxygen atoms in total. The Labute approximate surface area is 117 Å². The number of nitrogens with zero attached hydrogens (tertiary/aromatic N) is 1. The molecule has 1 heterocycles. The number of nitrogen functional groups attached to an aromatic ring is 1. The van der Waals surface area contributed by atoms with Gasteiger partial charge in [0.2, 0.25) is 10.0 Å². The zero-order valence-electron chi connectivity index (χ0n) is 11.0. The molecule has 0 saturated carbocycles. The maximum Gasteiger partial charge on any atom is 0.238 e. The van der Waals surface area contributed by atoms with Crippen molar-refractivity contribution in [2.24, 2.45) is 5.14 Å². The van der Waals surface area contributed by atoms with Gasteiger partial charge in [-0.2, -0.15) is 0 Å². The molecule has 106 valence electrons. The molecule has 1 aromatic heterocycles. The average molecular weight is 292 g/mol. The highest BCUT2D eigenvalue weighted by Gasteiger charge is 2.07. The highest BCUT2D eigenvalue weighted by atomic mass is 32.2. The van der Waals surface area contributed by atoms with Crippen LogP contribution in [0.2, 0.25) is 0 Å². The minimum absolute atomic E-state index is 0.100. The fourth-order valence-electron chi connectivity index (χ4n) is 1.76. The van der Waals surface area contributed by atoms with E-state index in [1.54, 1.807) is 18.3 Å². The number of hydrogen-bond donors (Lipinski definition) is 3. The maximum absolute atomic E-state index is 11.1. The maximum atomic E-state index is 11.1. The topological polar surface area (TPSA) is 111 Å². The molecule has 0 aliphatic rings. The van der Waals surface area contributed by atoms with Crippen LogP contribution in [-0.4, -0.2) is 13.4 Å². The number of sulfonamides is 1. The van der Waals surface area contributed by atoms with Crippen LogP contribution in [0, 0.1) is 6.92 Å². The number of pyridine rings is 1. The molecule has 2 rings (SSSR count). The number of hydrogen-bond acceptors (Lipinski definition) is 5. The fraction of sp³-hybridized carbons (Fsp3) is 0.154. The Morgan fingerprint density at radius 2 is 1.90 bits per heavy atom. The van der Waals surface area contributed by atoms with Crippen LogP contribution in [0.5, 0.6) is 0 Å². The van der Waals surface area contributed by atoms with Crippen molar-refractivity contribution >= 4 is 21.5 Å². The third-order valence-electron chi connectivity index (χ3n) is 2.81. The number of aryl methyl sites for hydroxylation is 1. The fourth-order valence-corrected chi connectivity index (χ4v) is 2.28. The van der Waals surface area contributed by atoms with E-state index in [2.05, 4.69) is 10.3 Å². The van der Waals surface area contributed by atoms with Gasteiger partial charge in [-0.1, -0.05) is 12.1 Å². The molecule has 5 N–H and O–H groups in total. The van der Waals surface area contributed by atoms with Crippen molar-refractivity contribution in [1.82, 2.24) is 4.98 Å². The number of nitrogens with two attached hydrogens (primary N) is 2. The second-order valence-electron chi connectivity index (χ2n) is 4.48. The Kier molecular flexibility index (Phi) is 3.91. The van der Waals surface area contributed by atoms with Crippen molar-refractivity contribution in [3.63, 3.8) is 0 Å². The van der Waals surface area contributed by atoms with Gasteiger partial charge in [0.05, 0.1) is 16.8 Å². The molecule has 0 unspecified atom stereocenters. The van der Waals surface area contributed by atoms with Gasteiger partial charge in [0.15, 0.2) is 0 Å². The number of rotatable bonds is 4. The number of aromatic nitrogens is 1. The van der Waals surface area contributed by atoms with E-state index in [0.717, 1.165) is 16.9 Å². The summed E-state index contributed by atoms with van der Waals surface area (Å²) in [6, 6.07) is 8.21. The second kappa shape index (κ2) is 5.48. The van der Waals surface area contributed by atoms with E-state index in [1.165, 1.54) is 12.1 Å². The van der Waals surface area contributed by atoms with Crippen LogP contribution in [0.4, 0.5) is 11.5 Å². The van der Waals surface area contributed by atoms with E-state index in [4.69, 9.17) is 10.9 Å². The van der Waals surface area contributed by atoms with Gasteiger partial charge in [0.1, 0.15) is 5.82 Å². The molecule has 0 bridgehead atoms. The minimum Gasteiger partial charge on any atom is -0.397 e. The summed E-state index contributed by atoms with van der Waals surface area (Å²) in [6.07, 6.45) is 1.58. The molecule has 0 saturated heterocycles. The Balaban J connectivity index is 2.08. The zero-order chi connectivity index (χ0) is 14.8. The number of nitrogens with one attached hydrogen (secondary N) is 1. The molecule has 7 heteroatoms. The van der Waals surface area contributed by atoms with Crippen LogP contribution < -0.4 is 16.2 Å². The molecule has 0 amide bonds. The summed E-state index contributed by atoms with van der Waals surface area (Å²) in [4.78, 5) is 4.30. The Hall–Kier alpha value is -2.12. The van der Waals surface area contributed by atoms with Gasteiger partial charge in [-0.25, -0.2) is 18.5 Å². The first kappa shape index (κ1) is 14.3. The van der Waals surface area contributed by atoms with E-state index in [9.17, 15) is 8.42 Å². The predicted molar refractivity (Wildman–Crippen MR) is 78.5 cm³/mol. The van der Waals surface area contributed by atoms with Gasteiger partial charge in [-0.3, -0.25) is 0 Å². The Morgan fingerprint density at radius 1 is 1.25 bits per heavy atom. The monoisotopic (exact) mass is 292 g/mol. The summed E-state index contributed by atoms with van der Waals surface area (Å²) in [6.45, 7) is 2.44. The molecule has 20 heavy (non-hydrogen) atoms. The Bertz CT molecular complexity index is 712. The summed E-state index contributed by atoms with van der Waals surface area (Å²) >= 11 is 0. The van der Waals surface area contributed by atoms with Gasteiger partial charge in [0, 0.05) is 6.54 Å². The molecule has 0 fully saturated rings. The van der Waals surface area contributed by atoms with Crippen LogP contribution in [0.1, 0.15) is 11.1 Å². The summed E-state index contributed by atoms with van der Waals surface area (Å²) in [5, 5.41) is 8.21. The number of benzene rings is 1. The molecule has 0 atom stereocenters. The normalized spacial score (nSPS) is 11.3. The van der Waals surface area contributed by atoms with E-state index in [-0.39, 0.29) is 4.90 Å². The lowest BCUT2D eigenvalue weighted by Gasteiger charge is -2.09. The van der Waals surface area contributed by atoms with Crippen molar-refractivity contribution in [2.45, 2.75) is 18.4 Å². The summed E-state index contributed by atoms with van der Waals surface area (Å²) < 4.78 is 22.3. The van der Waals surface area contributed by atoms with E-state index in [1.807, 2.05) is 13.0 Å². The van der Waals surface area contributed by atoms with Crippen molar-refractivity contribution < 1.29 is 8.42 Å². The third kappa shape index (κ3) is 3.46. The first-order chi connectivity index (χ1) is 9.36. The minimum atomic E-state index is -3.64. The lowest BCUT2D eigenvalue weighted by atomic mass is 10.2. The SMILES string of the molecule is Cc1cc(N)cnc1NCc1ccc(S(N)(=O)=O)cc1. The largest absolute Gasteiger partial charge is 0.397 e. The van der Waals surface area contributed by atoms with E-state index >= 15 is 0 Å². The Morgan fingerprint density at radius 3 is 2.45 bits per heavy atom. The van der Waals surface area contributed by atoms with Crippen LogP contribution in [0.25, 0.3) is 0 Å². The summed E-state index contributed by atoms with van der Waals surface area (Å²) in [7, 11) is -3.64. The lowest BCUT2D eigenvalue weighted by Crippen LogP contribution is -2.12. The van der Waals surface area contributed by atoms with Crippen LogP contribution in [0.15, 0.2) is 41.4 Å². The van der Waals surface area contributed by atoms with Crippen LogP contribution in [0.3, 0.4) is 0 Å². The molecule has 0 spiro atoms. The number of primary sulfonamides is 1. The standard InChI is InChI=1S/C13H16N4O2S/c1-9-6-11(14)8-17-13(9)16-7-10-2-4-12(5-3-10)20(15,18)19/h2-6,8H,7,14H2,1H3,(H,16,17)(H2,15,18,19). The van der Waals surface area contributed by atoms with Crippen LogP contribution in [-0.2, 0) is 16.6 Å². The van der Waals surface area contributed by atoms with Gasteiger partial charge < -0.3 is 11.1 Å². The lowest BCUT2D eigenvalue weighted by molar-refractivity contribution is 0.598. The molecule has 0 aliphatic carbocycles. The molecule has 1 aromatic carbocycles. The summed E-state index contributed by atoms with van der Waals surface area (Å²) in [5.41, 5.74) is 8.13. The van der Waals surface area contributed by atoms with Gasteiger partial charge in [-0.15, -0.1) is 0 Å². The first-order valence-electron chi connectivity index (χ1n) is 5.94. The quantitative estimate of drug-likeness (QED) is 0.785. The van der Waals surface area contributed by atoms with Gasteiger partial charge >= 0.3 is 0 Å². The van der Waals surface area contributed by atoms with Gasteiger partial charge in [0.25, 0.3) is 0 Å². The van der Waals surface area contributed by atoms with E-state index < -0.39 is 10.0 Å². The molecular formula is C13H16N4O2S. The highest BCUT2D eigenvalue weighted by molar-refractivity contribution is 7.89. The molecular weight excluding hydrogens is 276 g/mol. The number of anilines is 2. The highest BCUT2D eigenvalue weighted by Crippen LogP contribution is 2.15. The molecule has 0 radical (unpaired) electrons. The van der Waals surface area contributed by atoms with Crippen molar-refractivity contribution in [3.8, 4) is 0 Å². The van der Waals surface area contributed by atoms with Crippen molar-refractivity contribution in [1.29, 1.82) is 0 Å². The predicted octanol–water partition coefficient (Wildman–Crippen LogP) is 1.23. The average Bonchev–Trinajstić information content (AvgIpc) is 2.37. The molecule has 2 aromatic rings. The third-order valence-corrected chi connectivity index (χ3v) is 3.74. The zero-order valence-corrected chi connectivity index (χ0v) is 11.8. The molecule has 0 aliphatic heterocycles. The first-order valence-corrected chi connectivity index (χ1v) is 7.48. The van der Waals surface area contributed by atoms with Crippen molar-refractivity contribution in [3.05, 3.63) is 47.7 Å². The van der Waals surface area contributed by atoms with Gasteiger partial charge in [-0.05, 0) is 36.2 Å². The smallest absolute Gasteiger partial charge is 0.238 e. The van der Waals surface area contributed by atoms with Crippen LogP contribution >= 0.6 is 0 Å².